The summed E-state index contributed by atoms with van der Waals surface area (Å²) in [6.07, 6.45) is 1.59. The van der Waals surface area contributed by atoms with E-state index in [0.717, 1.165) is 14.9 Å². The molecule has 0 bridgehead atoms. The van der Waals surface area contributed by atoms with Gasteiger partial charge in [0.05, 0.1) is 18.4 Å². The summed E-state index contributed by atoms with van der Waals surface area (Å²) in [4.78, 5) is 26.1. The first-order valence-corrected chi connectivity index (χ1v) is 14.1. The Kier molecular flexibility index (Phi) is 9.52. The monoisotopic (exact) mass is 671 g/mol. The topological polar surface area (TPSA) is 123 Å². The Morgan fingerprint density at radius 1 is 0.786 bits per heavy atom. The number of rotatable bonds is 11. The van der Waals surface area contributed by atoms with Crippen LogP contribution in [-0.2, 0) is 0 Å². The average Bonchev–Trinajstić information content (AvgIpc) is 3.00. The van der Waals surface area contributed by atoms with Gasteiger partial charge in [-0.1, -0.05) is 48.5 Å². The van der Waals surface area contributed by atoms with Gasteiger partial charge in [-0.05, 0) is 89.7 Å². The number of para-hydroxylation sites is 2. The number of carbonyl (C=O) groups excluding carboxylic acids is 1. The SMILES string of the molecule is CCOc1cc(/C=N/Nc2nc(Nc3ccccc3)nc(Nc3ccccc3)n2)ccc1OC(=O)c1ccccc1I. The molecule has 0 spiro atoms. The molecule has 3 N–H and O–H groups in total. The second kappa shape index (κ2) is 14.0. The normalized spacial score (nSPS) is 10.7. The van der Waals surface area contributed by atoms with Crippen molar-refractivity contribution in [2.24, 2.45) is 5.10 Å². The van der Waals surface area contributed by atoms with Crippen molar-refractivity contribution in [1.82, 2.24) is 15.0 Å². The molecule has 0 saturated carbocycles. The molecule has 1 aromatic heterocycles. The second-order valence-corrected chi connectivity index (χ2v) is 9.83. The predicted molar refractivity (Wildman–Crippen MR) is 172 cm³/mol. The Hall–Kier alpha value is -5.04. The third-order valence-corrected chi connectivity index (χ3v) is 6.58. The van der Waals surface area contributed by atoms with Crippen LogP contribution in [0.15, 0.2) is 108 Å². The summed E-state index contributed by atoms with van der Waals surface area (Å²) in [6.45, 7) is 2.25. The molecular formula is C31H26IN7O3. The zero-order chi connectivity index (χ0) is 29.1. The van der Waals surface area contributed by atoms with Crippen LogP contribution in [0, 0.1) is 3.57 Å². The van der Waals surface area contributed by atoms with Crippen LogP contribution < -0.4 is 25.5 Å². The summed E-state index contributed by atoms with van der Waals surface area (Å²) in [7, 11) is 0. The van der Waals surface area contributed by atoms with Gasteiger partial charge in [-0.2, -0.15) is 20.1 Å². The van der Waals surface area contributed by atoms with E-state index < -0.39 is 5.97 Å². The van der Waals surface area contributed by atoms with Crippen molar-refractivity contribution >= 4 is 64.0 Å². The molecule has 0 saturated heterocycles. The molecule has 0 aliphatic heterocycles. The minimum atomic E-state index is -0.460. The van der Waals surface area contributed by atoms with Crippen molar-refractivity contribution < 1.29 is 14.3 Å². The van der Waals surface area contributed by atoms with Gasteiger partial charge in [-0.25, -0.2) is 10.2 Å². The number of ether oxygens (including phenoxy) is 2. The van der Waals surface area contributed by atoms with Crippen molar-refractivity contribution in [3.63, 3.8) is 0 Å². The van der Waals surface area contributed by atoms with Crippen molar-refractivity contribution in [2.75, 3.05) is 22.7 Å². The highest BCUT2D eigenvalue weighted by Crippen LogP contribution is 2.29. The molecule has 0 aliphatic rings. The Bertz CT molecular complexity index is 1630. The number of nitrogens with one attached hydrogen (secondary N) is 3. The molecular weight excluding hydrogens is 645 g/mol. The molecule has 0 atom stereocenters. The van der Waals surface area contributed by atoms with Crippen LogP contribution in [0.1, 0.15) is 22.8 Å². The Labute approximate surface area is 256 Å². The van der Waals surface area contributed by atoms with Crippen LogP contribution in [0.2, 0.25) is 0 Å². The van der Waals surface area contributed by atoms with Gasteiger partial charge in [0.1, 0.15) is 0 Å². The van der Waals surface area contributed by atoms with Crippen LogP contribution in [0.4, 0.5) is 29.2 Å². The molecule has 0 unspecified atom stereocenters. The summed E-state index contributed by atoms with van der Waals surface area (Å²) < 4.78 is 12.2. The average molecular weight is 671 g/mol. The van der Waals surface area contributed by atoms with E-state index in [1.54, 1.807) is 36.5 Å². The van der Waals surface area contributed by atoms with Gasteiger partial charge < -0.3 is 20.1 Å². The van der Waals surface area contributed by atoms with E-state index in [-0.39, 0.29) is 5.95 Å². The molecule has 11 heteroatoms. The van der Waals surface area contributed by atoms with Crippen molar-refractivity contribution in [3.8, 4) is 11.5 Å². The first kappa shape index (κ1) is 28.5. The lowest BCUT2D eigenvalue weighted by Gasteiger charge is -2.12. The smallest absolute Gasteiger partial charge is 0.344 e. The zero-order valence-corrected chi connectivity index (χ0v) is 24.6. The third-order valence-electron chi connectivity index (χ3n) is 5.64. The molecule has 5 rings (SSSR count). The van der Waals surface area contributed by atoms with Gasteiger partial charge in [-0.15, -0.1) is 0 Å². The van der Waals surface area contributed by atoms with Gasteiger partial charge in [0, 0.05) is 14.9 Å². The Balaban J connectivity index is 1.33. The number of carbonyl (C=O) groups is 1. The molecule has 0 aliphatic carbocycles. The van der Waals surface area contributed by atoms with Gasteiger partial charge >= 0.3 is 5.97 Å². The minimum absolute atomic E-state index is 0.228. The molecule has 10 nitrogen and oxygen atoms in total. The largest absolute Gasteiger partial charge is 0.490 e. The summed E-state index contributed by atoms with van der Waals surface area (Å²) >= 11 is 2.10. The number of anilines is 5. The number of benzene rings is 4. The lowest BCUT2D eigenvalue weighted by atomic mass is 10.2. The number of esters is 1. The summed E-state index contributed by atoms with van der Waals surface area (Å²) in [5, 5.41) is 10.7. The summed E-state index contributed by atoms with van der Waals surface area (Å²) in [6, 6.07) is 31.6. The first-order valence-electron chi connectivity index (χ1n) is 13.0. The van der Waals surface area contributed by atoms with Crippen LogP contribution in [-0.4, -0.2) is 33.7 Å². The Morgan fingerprint density at radius 2 is 1.38 bits per heavy atom. The third kappa shape index (κ3) is 7.79. The van der Waals surface area contributed by atoms with Crippen LogP contribution in [0.25, 0.3) is 0 Å². The molecule has 0 fully saturated rings. The molecule has 0 radical (unpaired) electrons. The molecule has 0 amide bonds. The maximum Gasteiger partial charge on any atom is 0.344 e. The van der Waals surface area contributed by atoms with Crippen LogP contribution >= 0.6 is 22.6 Å². The van der Waals surface area contributed by atoms with E-state index >= 15 is 0 Å². The van der Waals surface area contributed by atoms with Gasteiger partial charge in [0.15, 0.2) is 11.5 Å². The van der Waals surface area contributed by atoms with Crippen molar-refractivity contribution in [1.29, 1.82) is 0 Å². The van der Waals surface area contributed by atoms with Gasteiger partial charge in [0.25, 0.3) is 0 Å². The minimum Gasteiger partial charge on any atom is -0.490 e. The highest BCUT2D eigenvalue weighted by Gasteiger charge is 2.15. The lowest BCUT2D eigenvalue weighted by molar-refractivity contribution is 0.0727. The number of halogens is 1. The van der Waals surface area contributed by atoms with E-state index in [9.17, 15) is 4.79 Å². The van der Waals surface area contributed by atoms with E-state index in [4.69, 9.17) is 9.47 Å². The fourth-order valence-electron chi connectivity index (χ4n) is 3.74. The van der Waals surface area contributed by atoms with E-state index in [0.29, 0.717) is 41.1 Å². The number of aromatic nitrogens is 3. The van der Waals surface area contributed by atoms with E-state index in [2.05, 4.69) is 58.7 Å². The second-order valence-electron chi connectivity index (χ2n) is 8.67. The molecule has 4 aromatic carbocycles. The van der Waals surface area contributed by atoms with E-state index in [1.807, 2.05) is 79.7 Å². The maximum absolute atomic E-state index is 12.7. The van der Waals surface area contributed by atoms with Crippen molar-refractivity contribution in [3.05, 3.63) is 118 Å². The fourth-order valence-corrected chi connectivity index (χ4v) is 4.35. The maximum atomic E-state index is 12.7. The van der Waals surface area contributed by atoms with Crippen molar-refractivity contribution in [2.45, 2.75) is 6.92 Å². The van der Waals surface area contributed by atoms with E-state index in [1.165, 1.54) is 0 Å². The van der Waals surface area contributed by atoms with Gasteiger partial charge in [-0.3, -0.25) is 0 Å². The molecule has 5 aromatic rings. The standard InChI is InChI=1S/C31H26IN7O3/c1-2-41-27-19-21(17-18-26(27)42-28(40)24-15-9-10-16-25(24)32)20-33-39-31-37-29(34-22-11-5-3-6-12-22)36-30(38-31)35-23-13-7-4-8-14-23/h3-20H,2H2,1H3,(H3,34,35,36,37,38,39)/b33-20+. The highest BCUT2D eigenvalue weighted by molar-refractivity contribution is 14.1. The number of hydrogen-bond acceptors (Lipinski definition) is 10. The molecule has 42 heavy (non-hydrogen) atoms. The number of hydrogen-bond donors (Lipinski definition) is 3. The highest BCUT2D eigenvalue weighted by atomic mass is 127. The quantitative estimate of drug-likeness (QED) is 0.0447. The van der Waals surface area contributed by atoms with Crippen LogP contribution in [0.3, 0.4) is 0 Å². The van der Waals surface area contributed by atoms with Crippen LogP contribution in [0.5, 0.6) is 11.5 Å². The zero-order valence-electron chi connectivity index (χ0n) is 22.5. The lowest BCUT2D eigenvalue weighted by Crippen LogP contribution is -2.11. The summed E-state index contributed by atoms with van der Waals surface area (Å²) in [5.74, 6) is 1.18. The first-order chi connectivity index (χ1) is 20.6. The molecule has 1 heterocycles. The van der Waals surface area contributed by atoms with Gasteiger partial charge in [0.2, 0.25) is 17.8 Å². The molecule has 210 valence electrons. The summed E-state index contributed by atoms with van der Waals surface area (Å²) in [5.41, 5.74) is 5.72. The number of nitrogens with zero attached hydrogens (tertiary/aromatic N) is 4. The fraction of sp³-hybridized carbons (Fsp3) is 0.0645. The number of hydrazone groups is 1. The Morgan fingerprint density at radius 3 is 2.00 bits per heavy atom. The predicted octanol–water partition coefficient (Wildman–Crippen LogP) is 7.03.